The van der Waals surface area contributed by atoms with Gasteiger partial charge in [-0.05, 0) is 39.0 Å². The zero-order valence-corrected chi connectivity index (χ0v) is 12.3. The Kier molecular flexibility index (Phi) is 3.11. The number of hydrogen-bond donors (Lipinski definition) is 1. The van der Waals surface area contributed by atoms with E-state index in [-0.39, 0.29) is 6.10 Å². The number of aliphatic hydroxyl groups excluding tert-OH is 1. The second-order valence-corrected chi connectivity index (χ2v) is 6.73. The van der Waals surface area contributed by atoms with Gasteiger partial charge < -0.3 is 9.84 Å². The van der Waals surface area contributed by atoms with Gasteiger partial charge in [-0.2, -0.15) is 0 Å². The maximum absolute atomic E-state index is 10.3. The highest BCUT2D eigenvalue weighted by Crippen LogP contribution is 2.43. The van der Waals surface area contributed by atoms with E-state index in [0.29, 0.717) is 6.42 Å². The predicted octanol–water partition coefficient (Wildman–Crippen LogP) is 4.23. The standard InChI is InChI=1S/C16H18O2S/c1-9-4-5-15-13(6-9)14(17)8-16(18-15)12-7-10(2)19-11(12)3/h4-7,14,16-17H,8H2,1-3H3/t14-,16?/m0/s1. The van der Waals surface area contributed by atoms with Crippen LogP contribution in [0.25, 0.3) is 0 Å². The number of ether oxygens (including phenoxy) is 1. The first-order valence-electron chi connectivity index (χ1n) is 6.57. The summed E-state index contributed by atoms with van der Waals surface area (Å²) in [7, 11) is 0. The lowest BCUT2D eigenvalue weighted by Gasteiger charge is -2.30. The van der Waals surface area contributed by atoms with Crippen LogP contribution in [0.1, 0.15) is 45.1 Å². The van der Waals surface area contributed by atoms with Gasteiger partial charge >= 0.3 is 0 Å². The van der Waals surface area contributed by atoms with Crippen LogP contribution in [0.5, 0.6) is 5.75 Å². The molecule has 1 aliphatic heterocycles. The van der Waals surface area contributed by atoms with Crippen molar-refractivity contribution < 1.29 is 9.84 Å². The normalized spacial score (nSPS) is 21.9. The minimum Gasteiger partial charge on any atom is -0.485 e. The van der Waals surface area contributed by atoms with Crippen molar-refractivity contribution >= 4 is 11.3 Å². The van der Waals surface area contributed by atoms with E-state index in [4.69, 9.17) is 4.74 Å². The van der Waals surface area contributed by atoms with E-state index in [2.05, 4.69) is 19.9 Å². The van der Waals surface area contributed by atoms with Crippen LogP contribution in [0.2, 0.25) is 0 Å². The molecule has 0 spiro atoms. The minimum atomic E-state index is -0.437. The Morgan fingerprint density at radius 3 is 2.63 bits per heavy atom. The Hall–Kier alpha value is -1.32. The summed E-state index contributed by atoms with van der Waals surface area (Å²) in [5.41, 5.74) is 3.29. The molecule has 0 radical (unpaired) electrons. The van der Waals surface area contributed by atoms with Crippen molar-refractivity contribution in [1.29, 1.82) is 0 Å². The summed E-state index contributed by atoms with van der Waals surface area (Å²) in [6, 6.07) is 8.19. The fourth-order valence-corrected chi connectivity index (χ4v) is 3.70. The molecule has 100 valence electrons. The molecule has 2 aromatic rings. The Balaban J connectivity index is 1.97. The molecule has 3 rings (SSSR count). The zero-order valence-electron chi connectivity index (χ0n) is 11.4. The van der Waals surface area contributed by atoms with E-state index < -0.39 is 6.10 Å². The van der Waals surface area contributed by atoms with Crippen molar-refractivity contribution in [2.75, 3.05) is 0 Å². The maximum Gasteiger partial charge on any atom is 0.128 e. The number of thiophene rings is 1. The Morgan fingerprint density at radius 2 is 1.95 bits per heavy atom. The van der Waals surface area contributed by atoms with Crippen LogP contribution in [-0.4, -0.2) is 5.11 Å². The maximum atomic E-state index is 10.3. The van der Waals surface area contributed by atoms with Crippen molar-refractivity contribution in [2.45, 2.75) is 39.4 Å². The molecule has 1 N–H and O–H groups in total. The van der Waals surface area contributed by atoms with E-state index in [0.717, 1.165) is 16.9 Å². The summed E-state index contributed by atoms with van der Waals surface area (Å²) in [6.07, 6.45) is 0.163. The van der Waals surface area contributed by atoms with E-state index >= 15 is 0 Å². The number of benzene rings is 1. The predicted molar refractivity (Wildman–Crippen MR) is 77.9 cm³/mol. The monoisotopic (exact) mass is 274 g/mol. The fourth-order valence-electron chi connectivity index (χ4n) is 2.73. The first-order chi connectivity index (χ1) is 9.04. The van der Waals surface area contributed by atoms with Gasteiger partial charge in [-0.1, -0.05) is 11.6 Å². The zero-order chi connectivity index (χ0) is 13.6. The Morgan fingerprint density at radius 1 is 1.16 bits per heavy atom. The van der Waals surface area contributed by atoms with Gasteiger partial charge in [0, 0.05) is 27.3 Å². The number of rotatable bonds is 1. The molecule has 2 atom stereocenters. The molecule has 2 nitrogen and oxygen atoms in total. The molecule has 0 bridgehead atoms. The van der Waals surface area contributed by atoms with E-state index in [1.807, 2.05) is 25.1 Å². The lowest BCUT2D eigenvalue weighted by molar-refractivity contribution is 0.0656. The third-order valence-electron chi connectivity index (χ3n) is 3.66. The van der Waals surface area contributed by atoms with Crippen molar-refractivity contribution in [1.82, 2.24) is 0 Å². The number of aryl methyl sites for hydroxylation is 3. The number of hydrogen-bond acceptors (Lipinski definition) is 3. The smallest absolute Gasteiger partial charge is 0.128 e. The van der Waals surface area contributed by atoms with Gasteiger partial charge in [0.25, 0.3) is 0 Å². The first kappa shape index (κ1) is 12.7. The molecule has 0 saturated heterocycles. The van der Waals surface area contributed by atoms with Gasteiger partial charge in [-0.3, -0.25) is 0 Å². The highest BCUT2D eigenvalue weighted by atomic mass is 32.1. The molecule has 0 aliphatic carbocycles. The minimum absolute atomic E-state index is 0.0323. The van der Waals surface area contributed by atoms with Crippen LogP contribution in [0.4, 0.5) is 0 Å². The summed E-state index contributed by atoms with van der Waals surface area (Å²) in [6.45, 7) is 6.26. The molecule has 2 heterocycles. The van der Waals surface area contributed by atoms with Gasteiger partial charge in [-0.25, -0.2) is 0 Å². The van der Waals surface area contributed by atoms with Gasteiger partial charge in [0.2, 0.25) is 0 Å². The molecule has 1 aromatic heterocycles. The van der Waals surface area contributed by atoms with Crippen molar-refractivity contribution in [3.05, 3.63) is 50.7 Å². The third kappa shape index (κ3) is 2.28. The first-order valence-corrected chi connectivity index (χ1v) is 7.38. The topological polar surface area (TPSA) is 29.5 Å². The molecule has 0 amide bonds. The van der Waals surface area contributed by atoms with Crippen molar-refractivity contribution in [2.24, 2.45) is 0 Å². The fraction of sp³-hybridized carbons (Fsp3) is 0.375. The molecule has 0 saturated carbocycles. The summed E-state index contributed by atoms with van der Waals surface area (Å²) in [4.78, 5) is 2.57. The average Bonchev–Trinajstić information content (AvgIpc) is 2.69. The van der Waals surface area contributed by atoms with E-state index in [1.165, 1.54) is 15.3 Å². The summed E-state index contributed by atoms with van der Waals surface area (Å²) in [5.74, 6) is 0.817. The van der Waals surface area contributed by atoms with E-state index in [1.54, 1.807) is 11.3 Å². The van der Waals surface area contributed by atoms with Crippen LogP contribution >= 0.6 is 11.3 Å². The van der Waals surface area contributed by atoms with E-state index in [9.17, 15) is 5.11 Å². The third-order valence-corrected chi connectivity index (χ3v) is 4.64. The Labute approximate surface area is 117 Å². The van der Waals surface area contributed by atoms with Crippen LogP contribution in [0, 0.1) is 20.8 Å². The highest BCUT2D eigenvalue weighted by Gasteiger charge is 2.29. The highest BCUT2D eigenvalue weighted by molar-refractivity contribution is 7.12. The van der Waals surface area contributed by atoms with Gasteiger partial charge in [-0.15, -0.1) is 11.3 Å². The largest absolute Gasteiger partial charge is 0.485 e. The molecule has 1 unspecified atom stereocenters. The van der Waals surface area contributed by atoms with Crippen LogP contribution in [-0.2, 0) is 0 Å². The molecular weight excluding hydrogens is 256 g/mol. The molecule has 19 heavy (non-hydrogen) atoms. The van der Waals surface area contributed by atoms with Crippen LogP contribution < -0.4 is 4.74 Å². The quantitative estimate of drug-likeness (QED) is 0.843. The van der Waals surface area contributed by atoms with Crippen LogP contribution in [0.15, 0.2) is 24.3 Å². The SMILES string of the molecule is Cc1ccc2c(c1)[C@@H](O)CC(c1cc(C)sc1C)O2. The molecule has 3 heteroatoms. The average molecular weight is 274 g/mol. The summed E-state index contributed by atoms with van der Waals surface area (Å²) >= 11 is 1.79. The van der Waals surface area contributed by atoms with Crippen LogP contribution in [0.3, 0.4) is 0 Å². The second kappa shape index (κ2) is 4.66. The number of fused-ring (bicyclic) bond motifs is 1. The lowest BCUT2D eigenvalue weighted by Crippen LogP contribution is -2.19. The molecular formula is C16H18O2S. The second-order valence-electron chi connectivity index (χ2n) is 5.27. The van der Waals surface area contributed by atoms with Crippen molar-refractivity contribution in [3.63, 3.8) is 0 Å². The van der Waals surface area contributed by atoms with Gasteiger partial charge in [0.15, 0.2) is 0 Å². The summed E-state index contributed by atoms with van der Waals surface area (Å²) < 4.78 is 6.08. The number of aliphatic hydroxyl groups is 1. The molecule has 1 aromatic carbocycles. The van der Waals surface area contributed by atoms with Gasteiger partial charge in [0.1, 0.15) is 11.9 Å². The van der Waals surface area contributed by atoms with Gasteiger partial charge in [0.05, 0.1) is 6.10 Å². The molecule has 1 aliphatic rings. The lowest BCUT2D eigenvalue weighted by atomic mass is 9.94. The van der Waals surface area contributed by atoms with Crippen molar-refractivity contribution in [3.8, 4) is 5.75 Å². The molecule has 0 fully saturated rings. The summed E-state index contributed by atoms with van der Waals surface area (Å²) in [5, 5.41) is 10.3. The Bertz CT molecular complexity index is 615.